The number of hydrogen-bond donors (Lipinski definition) is 0. The van der Waals surface area contributed by atoms with Crippen LogP contribution in [0.1, 0.15) is 104 Å². The van der Waals surface area contributed by atoms with E-state index in [0.717, 1.165) is 19.1 Å². The summed E-state index contributed by atoms with van der Waals surface area (Å²) >= 11 is 1.86. The van der Waals surface area contributed by atoms with Crippen molar-refractivity contribution in [1.82, 2.24) is 4.90 Å². The zero-order valence-corrected chi connectivity index (χ0v) is 20.0. The molecule has 0 N–H and O–H groups in total. The largest absolute Gasteiger partial charge is 0.379 e. The van der Waals surface area contributed by atoms with Gasteiger partial charge in [-0.05, 0) is 18.8 Å². The molecule has 1 aliphatic heterocycles. The van der Waals surface area contributed by atoms with Gasteiger partial charge in [0.15, 0.2) is 0 Å². The molecule has 0 aromatic rings. The number of unbranched alkanes of at least 4 members (excludes halogenated alkanes) is 13. The predicted molar refractivity (Wildman–Crippen MR) is 124 cm³/mol. The van der Waals surface area contributed by atoms with Crippen LogP contribution in [0.4, 0.5) is 0 Å². The van der Waals surface area contributed by atoms with Gasteiger partial charge in [-0.2, -0.15) is 0 Å². The normalized spacial score (nSPS) is 14.6. The first-order valence-corrected chi connectivity index (χ1v) is 12.0. The third-order valence-corrected chi connectivity index (χ3v) is 5.90. The van der Waals surface area contributed by atoms with Gasteiger partial charge in [-0.25, -0.2) is 0 Å². The van der Waals surface area contributed by atoms with Gasteiger partial charge in [-0.1, -0.05) is 90.4 Å². The van der Waals surface area contributed by atoms with Crippen molar-refractivity contribution in [2.75, 3.05) is 19.1 Å². The highest BCUT2D eigenvalue weighted by Crippen LogP contribution is 2.18. The summed E-state index contributed by atoms with van der Waals surface area (Å²) in [6.07, 6.45) is 22.0. The second kappa shape index (κ2) is 20.1. The van der Waals surface area contributed by atoms with E-state index in [0.29, 0.717) is 6.04 Å². The summed E-state index contributed by atoms with van der Waals surface area (Å²) in [5.41, 5.74) is 0. The van der Waals surface area contributed by atoms with E-state index in [9.17, 15) is 0 Å². The lowest BCUT2D eigenvalue weighted by atomic mass is 10.0. The maximum atomic E-state index is 5.83. The molecule has 1 rings (SSSR count). The zero-order chi connectivity index (χ0) is 18.0. The molecule has 0 radical (unpaired) electrons. The molecule has 156 valence electrons. The van der Waals surface area contributed by atoms with Crippen molar-refractivity contribution in [2.45, 2.75) is 110 Å². The lowest BCUT2D eigenvalue weighted by Crippen LogP contribution is -2.30. The summed E-state index contributed by atoms with van der Waals surface area (Å²) in [5.74, 6) is 1.09. The fourth-order valence-electron chi connectivity index (χ4n) is 3.32. The van der Waals surface area contributed by atoms with Crippen LogP contribution in [0.2, 0.25) is 0 Å². The molecule has 26 heavy (non-hydrogen) atoms. The second-order valence-electron chi connectivity index (χ2n) is 7.62. The highest BCUT2D eigenvalue weighted by Gasteiger charge is 2.12. The van der Waals surface area contributed by atoms with Gasteiger partial charge < -0.3 is 9.64 Å². The fourth-order valence-corrected chi connectivity index (χ4v) is 4.16. The lowest BCUT2D eigenvalue weighted by molar-refractivity contribution is 0.0878. The van der Waals surface area contributed by atoms with E-state index in [-0.39, 0.29) is 17.0 Å². The van der Waals surface area contributed by atoms with E-state index in [1.54, 1.807) is 0 Å². The monoisotopic (exact) mass is 449 g/mol. The number of nitrogens with zero attached hydrogens (tertiary/aromatic N) is 1. The number of thioether (sulfide) groups is 1. The van der Waals surface area contributed by atoms with Crippen molar-refractivity contribution in [2.24, 2.45) is 0 Å². The summed E-state index contributed by atoms with van der Waals surface area (Å²) in [5, 5.41) is 2.17. The second-order valence-corrected chi connectivity index (χ2v) is 8.48. The summed E-state index contributed by atoms with van der Waals surface area (Å²) in [4.78, 5) is 2.36. The molecule has 0 spiro atoms. The average molecular weight is 451 g/mol. The van der Waals surface area contributed by atoms with Crippen LogP contribution in [0.5, 0.6) is 0 Å². The van der Waals surface area contributed by atoms with Crippen LogP contribution in [0.15, 0.2) is 11.6 Å². The van der Waals surface area contributed by atoms with Crippen molar-refractivity contribution in [3.63, 3.8) is 0 Å². The maximum Gasteiger partial charge on any atom is 0.0679 e. The Morgan fingerprint density at radius 1 is 0.846 bits per heavy atom. The van der Waals surface area contributed by atoms with Gasteiger partial charge in [0.25, 0.3) is 0 Å². The van der Waals surface area contributed by atoms with Crippen LogP contribution < -0.4 is 0 Å². The molecule has 0 aliphatic carbocycles. The van der Waals surface area contributed by atoms with Gasteiger partial charge >= 0.3 is 0 Å². The van der Waals surface area contributed by atoms with Crippen molar-refractivity contribution in [1.29, 1.82) is 0 Å². The molecule has 1 atom stereocenters. The Balaban J connectivity index is 0.00000625. The zero-order valence-electron chi connectivity index (χ0n) is 17.4. The Labute approximate surface area is 178 Å². The lowest BCUT2D eigenvalue weighted by Gasteiger charge is -2.23. The van der Waals surface area contributed by atoms with Crippen LogP contribution in [0.3, 0.4) is 0 Å². The van der Waals surface area contributed by atoms with Gasteiger partial charge in [0.1, 0.15) is 0 Å². The van der Waals surface area contributed by atoms with E-state index in [1.165, 1.54) is 89.9 Å². The Bertz CT molecular complexity index is 315. The summed E-state index contributed by atoms with van der Waals surface area (Å²) < 4.78 is 5.83. The highest BCUT2D eigenvalue weighted by molar-refractivity contribution is 8.93. The number of halogens is 1. The third kappa shape index (κ3) is 15.4. The van der Waals surface area contributed by atoms with E-state index >= 15 is 0 Å². The third-order valence-electron chi connectivity index (χ3n) is 5.14. The Morgan fingerprint density at radius 3 is 1.81 bits per heavy atom. The van der Waals surface area contributed by atoms with Crippen molar-refractivity contribution in [3.8, 4) is 0 Å². The molecular weight excluding hydrogens is 406 g/mol. The summed E-state index contributed by atoms with van der Waals surface area (Å²) in [6, 6.07) is 0.512. The van der Waals surface area contributed by atoms with Gasteiger partial charge in [-0.15, -0.1) is 28.7 Å². The first-order valence-electron chi connectivity index (χ1n) is 11.0. The summed E-state index contributed by atoms with van der Waals surface area (Å²) in [7, 11) is 0. The van der Waals surface area contributed by atoms with Crippen LogP contribution in [0.25, 0.3) is 0 Å². The molecule has 1 unspecified atom stereocenters. The van der Waals surface area contributed by atoms with Crippen LogP contribution in [-0.2, 0) is 4.74 Å². The highest BCUT2D eigenvalue weighted by atomic mass is 79.9. The van der Waals surface area contributed by atoms with E-state index in [1.807, 2.05) is 11.8 Å². The van der Waals surface area contributed by atoms with Crippen molar-refractivity contribution < 1.29 is 4.74 Å². The summed E-state index contributed by atoms with van der Waals surface area (Å²) in [6.45, 7) is 6.35. The number of hydrogen-bond acceptors (Lipinski definition) is 3. The molecule has 1 aliphatic rings. The van der Waals surface area contributed by atoms with Crippen molar-refractivity contribution >= 4 is 28.7 Å². The Hall–Kier alpha value is 0.330. The average Bonchev–Trinajstić information content (AvgIpc) is 3.16. The predicted octanol–water partition coefficient (Wildman–Crippen LogP) is 7.93. The van der Waals surface area contributed by atoms with Gasteiger partial charge in [-0.3, -0.25) is 0 Å². The molecule has 1 heterocycles. The quantitative estimate of drug-likeness (QED) is 0.197. The number of rotatable bonds is 18. The minimum atomic E-state index is 0. The fraction of sp³-hybridized carbons (Fsp3) is 0.909. The molecule has 0 aromatic carbocycles. The number of ether oxygens (including phenoxy) is 1. The molecule has 4 heteroatoms. The van der Waals surface area contributed by atoms with Crippen LogP contribution in [-0.4, -0.2) is 30.0 Å². The molecule has 0 saturated carbocycles. The molecular formula is C22H44BrNOS. The molecule has 0 bridgehead atoms. The van der Waals surface area contributed by atoms with E-state index < -0.39 is 0 Å². The minimum absolute atomic E-state index is 0. The van der Waals surface area contributed by atoms with Gasteiger partial charge in [0, 0.05) is 18.8 Å². The molecule has 0 aromatic heterocycles. The van der Waals surface area contributed by atoms with Crippen LogP contribution in [0, 0.1) is 0 Å². The van der Waals surface area contributed by atoms with Gasteiger partial charge in [0.2, 0.25) is 0 Å². The van der Waals surface area contributed by atoms with Crippen LogP contribution >= 0.6 is 28.7 Å². The molecule has 0 amide bonds. The van der Waals surface area contributed by atoms with Crippen molar-refractivity contribution in [3.05, 3.63) is 11.6 Å². The SMILES string of the molecule is Br.CCCCCCCCCCCCCCCCOCC(C)N1C=CSC1. The van der Waals surface area contributed by atoms with E-state index in [4.69, 9.17) is 4.74 Å². The Morgan fingerprint density at radius 2 is 1.35 bits per heavy atom. The van der Waals surface area contributed by atoms with E-state index in [2.05, 4.69) is 30.4 Å². The molecule has 0 fully saturated rings. The smallest absolute Gasteiger partial charge is 0.0679 e. The molecule has 2 nitrogen and oxygen atoms in total. The van der Waals surface area contributed by atoms with Gasteiger partial charge in [0.05, 0.1) is 12.5 Å². The first kappa shape index (κ1) is 26.3. The topological polar surface area (TPSA) is 12.5 Å². The minimum Gasteiger partial charge on any atom is -0.379 e. The standard InChI is InChI=1S/C22H43NOS.BrH/c1-3-4-5-6-7-8-9-10-11-12-13-14-15-16-18-24-20-22(2)23-17-19-25-21-23;/h17,19,22H,3-16,18,20-21H2,1-2H3;1H. The first-order chi connectivity index (χ1) is 12.3. The molecule has 0 saturated heterocycles. The maximum absolute atomic E-state index is 5.83. The Kier molecular flexibility index (Phi) is 20.3.